The minimum Gasteiger partial charge on any atom is -0.492 e. The normalized spacial score (nSPS) is 21.0. The number of likely N-dealkylation sites (tertiary alicyclic amines) is 1. The molecule has 29 heavy (non-hydrogen) atoms. The smallest absolute Gasteiger partial charge is 0.245 e. The van der Waals surface area contributed by atoms with Gasteiger partial charge in [-0.15, -0.1) is 0 Å². The van der Waals surface area contributed by atoms with Crippen LogP contribution in [0.4, 0.5) is 5.69 Å². The highest BCUT2D eigenvalue weighted by molar-refractivity contribution is 7.85. The van der Waals surface area contributed by atoms with Crippen LogP contribution in [0.25, 0.3) is 0 Å². The van der Waals surface area contributed by atoms with Crippen LogP contribution >= 0.6 is 0 Å². The Morgan fingerprint density at radius 2 is 2.14 bits per heavy atom. The van der Waals surface area contributed by atoms with Crippen molar-refractivity contribution >= 4 is 28.6 Å². The molecule has 10 heteroatoms. The average Bonchev–Trinajstić information content (AvgIpc) is 2.72. The van der Waals surface area contributed by atoms with Gasteiger partial charge in [0.05, 0.1) is 24.3 Å². The van der Waals surface area contributed by atoms with Crippen molar-refractivity contribution in [2.24, 2.45) is 16.0 Å². The molecule has 1 fully saturated rings. The van der Waals surface area contributed by atoms with E-state index < -0.39 is 11.2 Å². The Morgan fingerprint density at radius 3 is 2.97 bits per heavy atom. The van der Waals surface area contributed by atoms with Crippen molar-refractivity contribution in [3.8, 4) is 5.75 Å². The van der Waals surface area contributed by atoms with Crippen LogP contribution in [0, 0.1) is 5.92 Å². The monoisotopic (exact) mass is 414 g/mol. The van der Waals surface area contributed by atoms with Crippen molar-refractivity contribution in [1.29, 1.82) is 0 Å². The molecule has 9 nitrogen and oxygen atoms in total. The number of hydrogen-bond acceptors (Lipinski definition) is 6. The Balaban J connectivity index is 1.38. The summed E-state index contributed by atoms with van der Waals surface area (Å²) in [6, 6.07) is 7.15. The SMILES string of the molecule is NC1=NS(=O)Nc2cccc(OCC3CCCN(C(=O)Cc4ncccn4)C3)c21. The molecular weight excluding hydrogens is 392 g/mol. The van der Waals surface area contributed by atoms with Crippen LogP contribution in [-0.2, 0) is 22.4 Å². The van der Waals surface area contributed by atoms with Crippen molar-refractivity contribution in [3.63, 3.8) is 0 Å². The molecular formula is C19H22N6O3S. The fourth-order valence-electron chi connectivity index (χ4n) is 3.56. The Kier molecular flexibility index (Phi) is 5.70. The van der Waals surface area contributed by atoms with Crippen LogP contribution in [0.2, 0.25) is 0 Å². The summed E-state index contributed by atoms with van der Waals surface area (Å²) >= 11 is -1.57. The van der Waals surface area contributed by atoms with E-state index >= 15 is 0 Å². The number of nitrogens with one attached hydrogen (secondary N) is 1. The zero-order chi connectivity index (χ0) is 20.2. The van der Waals surface area contributed by atoms with Crippen molar-refractivity contribution < 1.29 is 13.7 Å². The van der Waals surface area contributed by atoms with Gasteiger partial charge in [-0.25, -0.2) is 14.2 Å². The van der Waals surface area contributed by atoms with Gasteiger partial charge in [0.1, 0.15) is 17.4 Å². The quantitative estimate of drug-likeness (QED) is 0.754. The van der Waals surface area contributed by atoms with Crippen molar-refractivity contribution in [1.82, 2.24) is 14.9 Å². The summed E-state index contributed by atoms with van der Waals surface area (Å²) < 4.78 is 24.3. The number of carbonyl (C=O) groups is 1. The van der Waals surface area contributed by atoms with Gasteiger partial charge in [-0.2, -0.15) is 4.40 Å². The first-order valence-corrected chi connectivity index (χ1v) is 10.5. The molecule has 2 unspecified atom stereocenters. The molecule has 0 radical (unpaired) electrons. The van der Waals surface area contributed by atoms with Crippen LogP contribution in [0.5, 0.6) is 5.75 Å². The molecule has 1 aromatic heterocycles. The van der Waals surface area contributed by atoms with Gasteiger partial charge in [-0.1, -0.05) is 6.07 Å². The molecule has 2 aromatic rings. The predicted octanol–water partition coefficient (Wildman–Crippen LogP) is 1.05. The van der Waals surface area contributed by atoms with E-state index in [2.05, 4.69) is 19.1 Å². The van der Waals surface area contributed by atoms with Crippen molar-refractivity contribution in [2.45, 2.75) is 19.3 Å². The third kappa shape index (κ3) is 4.53. The lowest BCUT2D eigenvalue weighted by Gasteiger charge is -2.33. The highest BCUT2D eigenvalue weighted by Gasteiger charge is 2.26. The number of ether oxygens (including phenoxy) is 1. The number of hydrogen-bond donors (Lipinski definition) is 2. The number of aromatic nitrogens is 2. The average molecular weight is 414 g/mol. The number of piperidine rings is 1. The minimum absolute atomic E-state index is 0.0287. The standard InChI is InChI=1S/C19H22N6O3S/c20-19-18-14(23-29(27)24-19)5-1-6-15(18)28-12-13-4-2-9-25(11-13)17(26)10-16-21-7-3-8-22-16/h1,3,5-8,13,23H,2,4,9-12H2,(H2,20,24). The number of amides is 1. The summed E-state index contributed by atoms with van der Waals surface area (Å²) in [6.45, 7) is 1.82. The van der Waals surface area contributed by atoms with E-state index in [9.17, 15) is 9.00 Å². The third-order valence-corrected chi connectivity index (χ3v) is 5.69. The lowest BCUT2D eigenvalue weighted by Crippen LogP contribution is -2.42. The molecule has 3 heterocycles. The molecule has 1 amide bonds. The molecule has 152 valence electrons. The van der Waals surface area contributed by atoms with Crippen LogP contribution < -0.4 is 15.2 Å². The number of nitrogens with two attached hydrogens (primary N) is 1. The molecule has 0 spiro atoms. The van der Waals surface area contributed by atoms with Crippen LogP contribution in [-0.4, -0.2) is 50.5 Å². The largest absolute Gasteiger partial charge is 0.492 e. The molecule has 3 N–H and O–H groups in total. The summed E-state index contributed by atoms with van der Waals surface area (Å²) in [5.41, 5.74) is 7.21. The number of benzene rings is 1. The zero-order valence-corrected chi connectivity index (χ0v) is 16.6. The van der Waals surface area contributed by atoms with E-state index in [1.807, 2.05) is 17.0 Å². The molecule has 1 saturated heterocycles. The number of amidine groups is 1. The molecule has 2 atom stereocenters. The van der Waals surface area contributed by atoms with E-state index in [1.54, 1.807) is 24.5 Å². The minimum atomic E-state index is -1.57. The Labute approximate surface area is 171 Å². The molecule has 2 aliphatic heterocycles. The summed E-state index contributed by atoms with van der Waals surface area (Å²) in [5, 5.41) is 0. The number of rotatable bonds is 5. The zero-order valence-electron chi connectivity index (χ0n) is 15.8. The summed E-state index contributed by atoms with van der Waals surface area (Å²) in [6.07, 6.45) is 5.39. The maximum absolute atomic E-state index is 12.6. The topological polar surface area (TPSA) is 123 Å². The lowest BCUT2D eigenvalue weighted by molar-refractivity contribution is -0.132. The molecule has 0 bridgehead atoms. The summed E-state index contributed by atoms with van der Waals surface area (Å²) in [7, 11) is 0. The Bertz CT molecular complexity index is 952. The first-order chi connectivity index (χ1) is 14.1. The van der Waals surface area contributed by atoms with E-state index in [0.717, 1.165) is 19.4 Å². The second-order valence-corrected chi connectivity index (χ2v) is 7.89. The number of carbonyl (C=O) groups excluding carboxylic acids is 1. The summed E-state index contributed by atoms with van der Waals surface area (Å²) in [4.78, 5) is 22.7. The van der Waals surface area contributed by atoms with E-state index in [1.165, 1.54) is 0 Å². The van der Waals surface area contributed by atoms with Gasteiger partial charge in [0.25, 0.3) is 0 Å². The first-order valence-electron chi connectivity index (χ1n) is 9.42. The van der Waals surface area contributed by atoms with Crippen molar-refractivity contribution in [2.75, 3.05) is 24.4 Å². The van der Waals surface area contributed by atoms with Gasteiger partial charge in [-0.3, -0.25) is 9.52 Å². The second kappa shape index (κ2) is 8.56. The fourth-order valence-corrected chi connectivity index (χ4v) is 4.23. The Morgan fingerprint density at radius 1 is 1.31 bits per heavy atom. The van der Waals surface area contributed by atoms with Crippen LogP contribution in [0.3, 0.4) is 0 Å². The van der Waals surface area contributed by atoms with Gasteiger partial charge in [0.2, 0.25) is 17.1 Å². The maximum atomic E-state index is 12.6. The highest BCUT2D eigenvalue weighted by atomic mass is 32.2. The molecule has 2 aliphatic rings. The predicted molar refractivity (Wildman–Crippen MR) is 109 cm³/mol. The van der Waals surface area contributed by atoms with Gasteiger partial charge < -0.3 is 15.4 Å². The van der Waals surface area contributed by atoms with Gasteiger partial charge in [-0.05, 0) is 31.0 Å². The maximum Gasteiger partial charge on any atom is 0.245 e. The molecule has 4 rings (SSSR count). The van der Waals surface area contributed by atoms with Crippen molar-refractivity contribution in [3.05, 3.63) is 48.0 Å². The van der Waals surface area contributed by atoms with Crippen LogP contribution in [0.1, 0.15) is 24.2 Å². The Hall–Kier alpha value is -3.01. The first kappa shape index (κ1) is 19.3. The molecule has 0 saturated carbocycles. The number of fused-ring (bicyclic) bond motifs is 1. The highest BCUT2D eigenvalue weighted by Crippen LogP contribution is 2.30. The summed E-state index contributed by atoms with van der Waals surface area (Å²) in [5.74, 6) is 1.56. The van der Waals surface area contributed by atoms with E-state index in [4.69, 9.17) is 10.5 Å². The third-order valence-electron chi connectivity index (χ3n) is 4.94. The fraction of sp³-hybridized carbons (Fsp3) is 0.368. The van der Waals surface area contributed by atoms with Gasteiger partial charge >= 0.3 is 0 Å². The van der Waals surface area contributed by atoms with Gasteiger partial charge in [0, 0.05) is 31.4 Å². The second-order valence-electron chi connectivity index (χ2n) is 7.01. The van der Waals surface area contributed by atoms with E-state index in [0.29, 0.717) is 36.0 Å². The van der Waals surface area contributed by atoms with Crippen LogP contribution in [0.15, 0.2) is 41.1 Å². The molecule has 1 aromatic carbocycles. The lowest BCUT2D eigenvalue weighted by atomic mass is 9.98. The number of anilines is 1. The van der Waals surface area contributed by atoms with Gasteiger partial charge in [0.15, 0.2) is 0 Å². The molecule has 0 aliphatic carbocycles. The van der Waals surface area contributed by atoms with E-state index in [-0.39, 0.29) is 24.1 Å². The number of nitrogens with zero attached hydrogens (tertiary/aromatic N) is 4.